The van der Waals surface area contributed by atoms with Crippen LogP contribution < -0.4 is 0 Å². The molecule has 0 aliphatic carbocycles. The highest BCUT2D eigenvalue weighted by Gasteiger charge is 2.37. The lowest BCUT2D eigenvalue weighted by Gasteiger charge is -2.45. The molecule has 0 aromatic heterocycles. The maximum Gasteiger partial charge on any atom is 0.0588 e. The summed E-state index contributed by atoms with van der Waals surface area (Å²) < 4.78 is 5.79. The van der Waals surface area contributed by atoms with Gasteiger partial charge in [0.2, 0.25) is 0 Å². The van der Waals surface area contributed by atoms with Crippen molar-refractivity contribution >= 4 is 0 Å². The average Bonchev–Trinajstić information content (AvgIpc) is 3.05. The van der Waals surface area contributed by atoms with Gasteiger partial charge in [0.25, 0.3) is 0 Å². The SMILES string of the molecule is CC(C)C1CN2CCCC2CN1CCC1CCCO1. The van der Waals surface area contributed by atoms with Crippen molar-refractivity contribution in [2.75, 3.05) is 32.8 Å². The molecule has 3 nitrogen and oxygen atoms in total. The van der Waals surface area contributed by atoms with E-state index >= 15 is 0 Å². The summed E-state index contributed by atoms with van der Waals surface area (Å²) in [4.78, 5) is 5.52. The minimum absolute atomic E-state index is 0.550. The quantitative estimate of drug-likeness (QED) is 0.777. The fraction of sp³-hybridized carbons (Fsp3) is 1.00. The summed E-state index contributed by atoms with van der Waals surface area (Å²) >= 11 is 0. The second kappa shape index (κ2) is 6.11. The van der Waals surface area contributed by atoms with Crippen LogP contribution in [0.4, 0.5) is 0 Å². The molecule has 3 aliphatic rings. The molecule has 3 unspecified atom stereocenters. The first-order valence-electron chi connectivity index (χ1n) is 8.33. The van der Waals surface area contributed by atoms with E-state index in [1.807, 2.05) is 0 Å². The van der Waals surface area contributed by atoms with Crippen LogP contribution >= 0.6 is 0 Å². The average molecular weight is 266 g/mol. The summed E-state index contributed by atoms with van der Waals surface area (Å²) in [6.45, 7) is 11.0. The highest BCUT2D eigenvalue weighted by molar-refractivity contribution is 4.93. The summed E-state index contributed by atoms with van der Waals surface area (Å²) in [6.07, 6.45) is 7.19. The zero-order valence-electron chi connectivity index (χ0n) is 12.7. The fourth-order valence-corrected chi connectivity index (χ4v) is 4.18. The number of fused-ring (bicyclic) bond motifs is 1. The van der Waals surface area contributed by atoms with Gasteiger partial charge in [-0.2, -0.15) is 0 Å². The zero-order valence-corrected chi connectivity index (χ0v) is 12.7. The van der Waals surface area contributed by atoms with E-state index in [0.29, 0.717) is 6.10 Å². The Kier molecular flexibility index (Phi) is 4.45. The van der Waals surface area contributed by atoms with Gasteiger partial charge < -0.3 is 4.74 Å². The standard InChI is InChI=1S/C16H30N2O/c1-13(2)16-12-17-8-3-5-14(17)11-18(16)9-7-15-6-4-10-19-15/h13-16H,3-12H2,1-2H3. The van der Waals surface area contributed by atoms with Gasteiger partial charge in [0.1, 0.15) is 0 Å². The van der Waals surface area contributed by atoms with Crippen LogP contribution in [0, 0.1) is 5.92 Å². The first kappa shape index (κ1) is 13.8. The molecular weight excluding hydrogens is 236 g/mol. The predicted molar refractivity (Wildman–Crippen MR) is 78.4 cm³/mol. The smallest absolute Gasteiger partial charge is 0.0588 e. The Morgan fingerprint density at radius 3 is 2.79 bits per heavy atom. The zero-order chi connectivity index (χ0) is 13.2. The van der Waals surface area contributed by atoms with Crippen molar-refractivity contribution in [1.29, 1.82) is 0 Å². The molecule has 3 heterocycles. The Morgan fingerprint density at radius 2 is 2.05 bits per heavy atom. The van der Waals surface area contributed by atoms with Gasteiger partial charge in [-0.25, -0.2) is 0 Å². The van der Waals surface area contributed by atoms with Gasteiger partial charge in [-0.3, -0.25) is 9.80 Å². The highest BCUT2D eigenvalue weighted by Crippen LogP contribution is 2.28. The molecular formula is C16H30N2O. The second-order valence-corrected chi connectivity index (χ2v) is 7.02. The minimum atomic E-state index is 0.550. The first-order valence-corrected chi connectivity index (χ1v) is 8.33. The lowest BCUT2D eigenvalue weighted by atomic mass is 9.96. The van der Waals surface area contributed by atoms with Crippen LogP contribution in [-0.4, -0.2) is 60.8 Å². The minimum Gasteiger partial charge on any atom is -0.378 e. The summed E-state index contributed by atoms with van der Waals surface area (Å²) in [7, 11) is 0. The Balaban J connectivity index is 1.56. The van der Waals surface area contributed by atoms with Crippen LogP contribution in [0.1, 0.15) is 46.0 Å². The van der Waals surface area contributed by atoms with Gasteiger partial charge in [0.05, 0.1) is 6.10 Å². The molecule has 0 N–H and O–H groups in total. The van der Waals surface area contributed by atoms with E-state index in [1.54, 1.807) is 0 Å². The van der Waals surface area contributed by atoms with Gasteiger partial charge in [0.15, 0.2) is 0 Å². The molecule has 0 amide bonds. The molecule has 0 aromatic carbocycles. The van der Waals surface area contributed by atoms with E-state index in [-0.39, 0.29) is 0 Å². The Morgan fingerprint density at radius 1 is 1.16 bits per heavy atom. The monoisotopic (exact) mass is 266 g/mol. The number of hydrogen-bond acceptors (Lipinski definition) is 3. The van der Waals surface area contributed by atoms with Crippen molar-refractivity contribution in [1.82, 2.24) is 9.80 Å². The van der Waals surface area contributed by atoms with Gasteiger partial charge in [-0.15, -0.1) is 0 Å². The van der Waals surface area contributed by atoms with E-state index in [0.717, 1.165) is 24.6 Å². The molecule has 0 spiro atoms. The predicted octanol–water partition coefficient (Wildman–Crippen LogP) is 2.36. The van der Waals surface area contributed by atoms with E-state index in [2.05, 4.69) is 23.6 Å². The van der Waals surface area contributed by atoms with Gasteiger partial charge in [-0.05, 0) is 44.6 Å². The molecule has 0 saturated carbocycles. The third-order valence-corrected chi connectivity index (χ3v) is 5.37. The highest BCUT2D eigenvalue weighted by atomic mass is 16.5. The second-order valence-electron chi connectivity index (χ2n) is 7.02. The molecule has 3 fully saturated rings. The third kappa shape index (κ3) is 3.14. The molecule has 3 aliphatic heterocycles. The molecule has 3 rings (SSSR count). The summed E-state index contributed by atoms with van der Waals surface area (Å²) in [5.41, 5.74) is 0. The van der Waals surface area contributed by atoms with Crippen molar-refractivity contribution < 1.29 is 4.74 Å². The largest absolute Gasteiger partial charge is 0.378 e. The molecule has 0 radical (unpaired) electrons. The number of nitrogens with zero attached hydrogens (tertiary/aromatic N) is 2. The van der Waals surface area contributed by atoms with Crippen molar-refractivity contribution in [3.05, 3.63) is 0 Å². The Labute approximate surface area is 118 Å². The van der Waals surface area contributed by atoms with Crippen LogP contribution in [-0.2, 0) is 4.74 Å². The topological polar surface area (TPSA) is 15.7 Å². The Bertz CT molecular complexity index is 288. The van der Waals surface area contributed by atoms with Crippen LogP contribution in [0.5, 0.6) is 0 Å². The van der Waals surface area contributed by atoms with Gasteiger partial charge >= 0.3 is 0 Å². The maximum absolute atomic E-state index is 5.79. The van der Waals surface area contributed by atoms with E-state index in [9.17, 15) is 0 Å². The maximum atomic E-state index is 5.79. The lowest BCUT2D eigenvalue weighted by Crippen LogP contribution is -2.58. The van der Waals surface area contributed by atoms with Crippen LogP contribution in [0.3, 0.4) is 0 Å². The van der Waals surface area contributed by atoms with Gasteiger partial charge in [-0.1, -0.05) is 13.8 Å². The molecule has 0 aromatic rings. The Hall–Kier alpha value is -0.120. The molecule has 19 heavy (non-hydrogen) atoms. The van der Waals surface area contributed by atoms with Crippen molar-refractivity contribution in [2.24, 2.45) is 5.92 Å². The molecule has 3 saturated heterocycles. The molecule has 0 bridgehead atoms. The number of hydrogen-bond donors (Lipinski definition) is 0. The van der Waals surface area contributed by atoms with E-state index in [4.69, 9.17) is 4.74 Å². The number of ether oxygens (including phenoxy) is 1. The lowest BCUT2D eigenvalue weighted by molar-refractivity contribution is 0.0155. The van der Waals surface area contributed by atoms with Crippen LogP contribution in [0.15, 0.2) is 0 Å². The number of piperazine rings is 1. The number of rotatable bonds is 4. The first-order chi connectivity index (χ1) is 9.24. The summed E-state index contributed by atoms with van der Waals surface area (Å²) in [6, 6.07) is 1.61. The van der Waals surface area contributed by atoms with Gasteiger partial charge in [0, 0.05) is 38.3 Å². The van der Waals surface area contributed by atoms with E-state index in [1.165, 1.54) is 58.3 Å². The van der Waals surface area contributed by atoms with Crippen LogP contribution in [0.25, 0.3) is 0 Å². The van der Waals surface area contributed by atoms with Crippen molar-refractivity contribution in [3.63, 3.8) is 0 Å². The normalized spacial score (nSPS) is 37.1. The fourth-order valence-electron chi connectivity index (χ4n) is 4.18. The molecule has 3 heteroatoms. The van der Waals surface area contributed by atoms with Crippen LogP contribution in [0.2, 0.25) is 0 Å². The molecule has 3 atom stereocenters. The third-order valence-electron chi connectivity index (χ3n) is 5.37. The van der Waals surface area contributed by atoms with E-state index < -0.39 is 0 Å². The van der Waals surface area contributed by atoms with Crippen molar-refractivity contribution in [3.8, 4) is 0 Å². The summed E-state index contributed by atoms with van der Waals surface area (Å²) in [5.74, 6) is 0.769. The van der Waals surface area contributed by atoms with Crippen molar-refractivity contribution in [2.45, 2.75) is 64.1 Å². The summed E-state index contributed by atoms with van der Waals surface area (Å²) in [5, 5.41) is 0. The molecule has 110 valence electrons.